The van der Waals surface area contributed by atoms with Crippen molar-refractivity contribution in [2.24, 2.45) is 11.3 Å². The van der Waals surface area contributed by atoms with Crippen LogP contribution in [-0.2, 0) is 0 Å². The fraction of sp³-hybridized carbons (Fsp3) is 0.476. The predicted octanol–water partition coefficient (Wildman–Crippen LogP) is 4.16. The van der Waals surface area contributed by atoms with E-state index in [2.05, 4.69) is 31.1 Å². The SMILES string of the molecule is Cc1cccn2c(=O)c3cc(C(=O)N[C@H]4C[C@@H](C)CC(C)(C)C4)sc3nc12. The van der Waals surface area contributed by atoms with Gasteiger partial charge in [-0.2, -0.15) is 0 Å². The van der Waals surface area contributed by atoms with Gasteiger partial charge in [-0.05, 0) is 55.2 Å². The van der Waals surface area contributed by atoms with Crippen LogP contribution in [0.25, 0.3) is 15.9 Å². The highest BCUT2D eigenvalue weighted by molar-refractivity contribution is 7.20. The van der Waals surface area contributed by atoms with Gasteiger partial charge in [0, 0.05) is 12.2 Å². The standard InChI is InChI=1S/C21H25N3O2S/c1-12-8-14(11-21(3,4)10-12)22-18(25)16-9-15-19(27-16)23-17-13(2)6-5-7-24(17)20(15)26/h5-7,9,12,14H,8,10-11H2,1-4H3,(H,22,25)/t12-,14+/m1/s1. The van der Waals surface area contributed by atoms with Gasteiger partial charge in [-0.25, -0.2) is 4.98 Å². The number of carbonyl (C=O) groups excluding carboxylic acids is 1. The molecule has 3 aromatic rings. The molecule has 0 radical (unpaired) electrons. The molecule has 1 aliphatic carbocycles. The number of carbonyl (C=O) groups is 1. The Bertz CT molecular complexity index is 1100. The number of pyridine rings is 1. The third kappa shape index (κ3) is 3.38. The molecule has 1 aliphatic rings. The van der Waals surface area contributed by atoms with Crippen molar-refractivity contribution in [2.45, 2.75) is 53.0 Å². The first kappa shape index (κ1) is 18.2. The number of thiophene rings is 1. The first-order valence-corrected chi connectivity index (χ1v) is 10.3. The minimum Gasteiger partial charge on any atom is -0.349 e. The third-order valence-electron chi connectivity index (χ3n) is 5.48. The van der Waals surface area contributed by atoms with Gasteiger partial charge in [0.1, 0.15) is 10.5 Å². The summed E-state index contributed by atoms with van der Waals surface area (Å²) in [6, 6.07) is 5.64. The summed E-state index contributed by atoms with van der Waals surface area (Å²) in [7, 11) is 0. The zero-order valence-electron chi connectivity index (χ0n) is 16.2. The monoisotopic (exact) mass is 383 g/mol. The maximum atomic E-state index is 12.8. The van der Waals surface area contributed by atoms with Crippen LogP contribution in [-0.4, -0.2) is 21.3 Å². The van der Waals surface area contributed by atoms with Crippen LogP contribution in [0.1, 0.15) is 55.3 Å². The predicted molar refractivity (Wildman–Crippen MR) is 110 cm³/mol. The first-order valence-electron chi connectivity index (χ1n) is 9.46. The third-order valence-corrected chi connectivity index (χ3v) is 6.51. The lowest BCUT2D eigenvalue weighted by atomic mass is 9.70. The average molecular weight is 384 g/mol. The van der Waals surface area contributed by atoms with E-state index in [-0.39, 0.29) is 22.9 Å². The van der Waals surface area contributed by atoms with Crippen LogP contribution in [0.3, 0.4) is 0 Å². The zero-order chi connectivity index (χ0) is 19.3. The van der Waals surface area contributed by atoms with Gasteiger partial charge in [0.2, 0.25) is 0 Å². The molecule has 0 aromatic carbocycles. The Morgan fingerprint density at radius 2 is 2.15 bits per heavy atom. The van der Waals surface area contributed by atoms with Crippen molar-refractivity contribution in [1.82, 2.24) is 14.7 Å². The van der Waals surface area contributed by atoms with E-state index in [9.17, 15) is 9.59 Å². The smallest absolute Gasteiger partial charge is 0.266 e. The van der Waals surface area contributed by atoms with Crippen LogP contribution in [0.15, 0.2) is 29.2 Å². The van der Waals surface area contributed by atoms with Crippen LogP contribution in [0, 0.1) is 18.3 Å². The van der Waals surface area contributed by atoms with E-state index in [0.717, 1.165) is 18.4 Å². The van der Waals surface area contributed by atoms with Gasteiger partial charge < -0.3 is 5.32 Å². The molecule has 1 amide bonds. The molecule has 0 unspecified atom stereocenters. The maximum Gasteiger partial charge on any atom is 0.266 e. The number of aryl methyl sites for hydroxylation is 1. The second-order valence-corrected chi connectivity index (χ2v) is 9.75. The Morgan fingerprint density at radius 1 is 1.37 bits per heavy atom. The number of hydrogen-bond donors (Lipinski definition) is 1. The van der Waals surface area contributed by atoms with E-state index in [0.29, 0.717) is 26.7 Å². The summed E-state index contributed by atoms with van der Waals surface area (Å²) in [6.07, 6.45) is 4.90. The van der Waals surface area contributed by atoms with Gasteiger partial charge in [0.15, 0.2) is 0 Å². The summed E-state index contributed by atoms with van der Waals surface area (Å²) >= 11 is 1.30. The molecule has 0 aliphatic heterocycles. The fourth-order valence-electron chi connectivity index (χ4n) is 4.58. The molecule has 3 aromatic heterocycles. The molecular formula is C21H25N3O2S. The topological polar surface area (TPSA) is 63.5 Å². The molecular weight excluding hydrogens is 358 g/mol. The van der Waals surface area contributed by atoms with Gasteiger partial charge in [0.05, 0.1) is 10.3 Å². The molecule has 3 heterocycles. The van der Waals surface area contributed by atoms with Crippen LogP contribution >= 0.6 is 11.3 Å². The van der Waals surface area contributed by atoms with Crippen molar-refractivity contribution < 1.29 is 4.79 Å². The Hall–Kier alpha value is -2.21. The van der Waals surface area contributed by atoms with Crippen molar-refractivity contribution in [3.05, 3.63) is 45.2 Å². The zero-order valence-corrected chi connectivity index (χ0v) is 17.0. The summed E-state index contributed by atoms with van der Waals surface area (Å²) in [5, 5.41) is 3.69. The van der Waals surface area contributed by atoms with Crippen LogP contribution < -0.4 is 10.9 Å². The number of nitrogens with one attached hydrogen (secondary N) is 1. The summed E-state index contributed by atoms with van der Waals surface area (Å²) in [4.78, 5) is 31.4. The lowest BCUT2D eigenvalue weighted by Crippen LogP contribution is -2.42. The van der Waals surface area contributed by atoms with E-state index in [4.69, 9.17) is 0 Å². The minimum atomic E-state index is -0.124. The quantitative estimate of drug-likeness (QED) is 0.723. The normalized spacial score (nSPS) is 22.2. The van der Waals surface area contributed by atoms with E-state index in [1.807, 2.05) is 19.1 Å². The van der Waals surface area contributed by atoms with Gasteiger partial charge in [-0.15, -0.1) is 11.3 Å². The average Bonchev–Trinajstić information content (AvgIpc) is 2.99. The van der Waals surface area contributed by atoms with E-state index >= 15 is 0 Å². The molecule has 5 nitrogen and oxygen atoms in total. The summed E-state index contributed by atoms with van der Waals surface area (Å²) in [5.41, 5.74) is 1.70. The minimum absolute atomic E-state index is 0.0990. The number of hydrogen-bond acceptors (Lipinski definition) is 4. The molecule has 4 rings (SSSR count). The van der Waals surface area contributed by atoms with Crippen LogP contribution in [0.2, 0.25) is 0 Å². The molecule has 1 N–H and O–H groups in total. The molecule has 0 spiro atoms. The second-order valence-electron chi connectivity index (χ2n) is 8.71. The van der Waals surface area contributed by atoms with Crippen LogP contribution in [0.4, 0.5) is 0 Å². The number of rotatable bonds is 2. The van der Waals surface area contributed by atoms with Crippen molar-refractivity contribution in [2.75, 3.05) is 0 Å². The first-order chi connectivity index (χ1) is 12.7. The Balaban J connectivity index is 1.67. The van der Waals surface area contributed by atoms with E-state index in [1.165, 1.54) is 17.8 Å². The lowest BCUT2D eigenvalue weighted by Gasteiger charge is -2.39. The van der Waals surface area contributed by atoms with E-state index < -0.39 is 0 Å². The molecule has 1 fully saturated rings. The van der Waals surface area contributed by atoms with Gasteiger partial charge in [-0.1, -0.05) is 26.8 Å². The maximum absolute atomic E-state index is 12.8. The highest BCUT2D eigenvalue weighted by atomic mass is 32.1. The Labute approximate surface area is 162 Å². The summed E-state index contributed by atoms with van der Waals surface area (Å²) < 4.78 is 1.55. The summed E-state index contributed by atoms with van der Waals surface area (Å²) in [6.45, 7) is 8.71. The molecule has 2 atom stereocenters. The summed E-state index contributed by atoms with van der Waals surface area (Å²) in [5.74, 6) is 0.499. The van der Waals surface area contributed by atoms with Crippen LogP contribution in [0.5, 0.6) is 0 Å². The molecule has 27 heavy (non-hydrogen) atoms. The van der Waals surface area contributed by atoms with Gasteiger partial charge in [0.25, 0.3) is 11.5 Å². The number of fused-ring (bicyclic) bond motifs is 2. The fourth-order valence-corrected chi connectivity index (χ4v) is 5.51. The lowest BCUT2D eigenvalue weighted by molar-refractivity contribution is 0.0878. The number of nitrogens with zero attached hydrogens (tertiary/aromatic N) is 2. The number of aromatic nitrogens is 2. The largest absolute Gasteiger partial charge is 0.349 e. The molecule has 6 heteroatoms. The van der Waals surface area contributed by atoms with Gasteiger partial charge >= 0.3 is 0 Å². The highest BCUT2D eigenvalue weighted by Crippen LogP contribution is 2.38. The highest BCUT2D eigenvalue weighted by Gasteiger charge is 2.33. The number of amides is 1. The molecule has 0 saturated heterocycles. The molecule has 1 saturated carbocycles. The van der Waals surface area contributed by atoms with Crippen molar-refractivity contribution in [3.8, 4) is 0 Å². The van der Waals surface area contributed by atoms with Crippen molar-refractivity contribution in [3.63, 3.8) is 0 Å². The molecule has 0 bridgehead atoms. The second kappa shape index (κ2) is 6.44. The van der Waals surface area contributed by atoms with E-state index in [1.54, 1.807) is 16.7 Å². The van der Waals surface area contributed by atoms with Gasteiger partial charge in [-0.3, -0.25) is 14.0 Å². The Morgan fingerprint density at radius 3 is 2.89 bits per heavy atom. The molecule has 142 valence electrons. The van der Waals surface area contributed by atoms with Crippen molar-refractivity contribution >= 4 is 33.1 Å². The van der Waals surface area contributed by atoms with Crippen molar-refractivity contribution in [1.29, 1.82) is 0 Å². The Kier molecular flexibility index (Phi) is 4.34.